The zero-order valence-electron chi connectivity index (χ0n) is 11.1. The highest BCUT2D eigenvalue weighted by molar-refractivity contribution is 5.20. The molecule has 102 valence electrons. The fourth-order valence-electron chi connectivity index (χ4n) is 1.69. The molecule has 0 spiro atoms. The minimum absolute atomic E-state index is 0.0123. The van der Waals surface area contributed by atoms with Crippen molar-refractivity contribution in [3.63, 3.8) is 0 Å². The normalized spacial score (nSPS) is 12.9. The van der Waals surface area contributed by atoms with Gasteiger partial charge in [-0.3, -0.25) is 0 Å². The van der Waals surface area contributed by atoms with E-state index in [1.54, 1.807) is 18.2 Å². The second-order valence-electron chi connectivity index (χ2n) is 4.98. The van der Waals surface area contributed by atoms with Gasteiger partial charge >= 0.3 is 0 Å². The van der Waals surface area contributed by atoms with Crippen molar-refractivity contribution >= 4 is 0 Å². The quantitative estimate of drug-likeness (QED) is 0.899. The van der Waals surface area contributed by atoms with E-state index in [4.69, 9.17) is 10.3 Å². The summed E-state index contributed by atoms with van der Waals surface area (Å²) in [6, 6.07) is 6.56. The fourth-order valence-corrected chi connectivity index (χ4v) is 1.69. The first-order valence-corrected chi connectivity index (χ1v) is 6.36. The summed E-state index contributed by atoms with van der Waals surface area (Å²) in [6.45, 7) is 4.09. The molecule has 0 aliphatic heterocycles. The average Bonchev–Trinajstić information content (AvgIpc) is 2.79. The minimum Gasteiger partial charge on any atom is -0.339 e. The summed E-state index contributed by atoms with van der Waals surface area (Å²) in [5.74, 6) is 1.08. The van der Waals surface area contributed by atoms with Crippen LogP contribution in [-0.2, 0) is 12.8 Å². The van der Waals surface area contributed by atoms with Gasteiger partial charge in [0.1, 0.15) is 5.82 Å². The zero-order valence-corrected chi connectivity index (χ0v) is 11.1. The van der Waals surface area contributed by atoms with Gasteiger partial charge in [0.15, 0.2) is 5.82 Å². The fraction of sp³-hybridized carbons (Fsp3) is 0.429. The van der Waals surface area contributed by atoms with Crippen LogP contribution in [0.15, 0.2) is 28.8 Å². The van der Waals surface area contributed by atoms with Crippen molar-refractivity contribution in [2.75, 3.05) is 0 Å². The molecule has 0 saturated carbocycles. The van der Waals surface area contributed by atoms with E-state index in [1.807, 2.05) is 13.8 Å². The summed E-state index contributed by atoms with van der Waals surface area (Å²) in [7, 11) is 0. The van der Waals surface area contributed by atoms with E-state index in [0.717, 1.165) is 0 Å². The summed E-state index contributed by atoms with van der Waals surface area (Å²) in [5.41, 5.74) is 6.51. The van der Waals surface area contributed by atoms with Gasteiger partial charge in [-0.05, 0) is 17.5 Å². The van der Waals surface area contributed by atoms with Gasteiger partial charge in [-0.1, -0.05) is 37.2 Å². The van der Waals surface area contributed by atoms with Crippen LogP contribution in [0.2, 0.25) is 0 Å². The largest absolute Gasteiger partial charge is 0.339 e. The second-order valence-corrected chi connectivity index (χ2v) is 4.98. The Labute approximate surface area is 111 Å². The number of hydrogen-bond acceptors (Lipinski definition) is 4. The molecule has 2 N–H and O–H groups in total. The Bertz CT molecular complexity index is 539. The van der Waals surface area contributed by atoms with Crippen molar-refractivity contribution in [3.05, 3.63) is 47.4 Å². The first-order valence-electron chi connectivity index (χ1n) is 6.36. The number of nitrogens with zero attached hydrogens (tertiary/aromatic N) is 2. The van der Waals surface area contributed by atoms with E-state index < -0.39 is 0 Å². The van der Waals surface area contributed by atoms with Crippen molar-refractivity contribution in [2.45, 2.75) is 32.7 Å². The first-order chi connectivity index (χ1) is 9.06. The molecule has 0 amide bonds. The maximum atomic E-state index is 13.5. The molecular formula is C14H18FN3O. The highest BCUT2D eigenvalue weighted by Gasteiger charge is 2.14. The summed E-state index contributed by atoms with van der Waals surface area (Å²) >= 11 is 0. The van der Waals surface area contributed by atoms with E-state index in [2.05, 4.69) is 10.1 Å². The molecule has 0 aliphatic carbocycles. The molecule has 1 atom stereocenters. The lowest BCUT2D eigenvalue weighted by Crippen LogP contribution is -2.28. The summed E-state index contributed by atoms with van der Waals surface area (Å²) in [6.07, 6.45) is 0.870. The highest BCUT2D eigenvalue weighted by atomic mass is 19.1. The lowest BCUT2D eigenvalue weighted by atomic mass is 10.0. The zero-order chi connectivity index (χ0) is 13.8. The molecule has 1 aromatic heterocycles. The third kappa shape index (κ3) is 3.61. The van der Waals surface area contributed by atoms with E-state index in [0.29, 0.717) is 36.0 Å². The van der Waals surface area contributed by atoms with Crippen molar-refractivity contribution < 1.29 is 8.91 Å². The molecular weight excluding hydrogens is 245 g/mol. The van der Waals surface area contributed by atoms with Crippen molar-refractivity contribution in [2.24, 2.45) is 11.7 Å². The standard InChI is InChI=1S/C14H18FN3O/c1-9(2)12(16)8-14-17-13(18-19-14)7-10-5-3-4-6-11(10)15/h3-6,9,12H,7-8,16H2,1-2H3. The van der Waals surface area contributed by atoms with Gasteiger partial charge in [0, 0.05) is 18.9 Å². The number of nitrogens with two attached hydrogens (primary N) is 1. The van der Waals surface area contributed by atoms with Crippen LogP contribution in [0.5, 0.6) is 0 Å². The number of aromatic nitrogens is 2. The molecule has 4 nitrogen and oxygen atoms in total. The van der Waals surface area contributed by atoms with E-state index in [1.165, 1.54) is 6.07 Å². The van der Waals surface area contributed by atoms with Gasteiger partial charge in [-0.2, -0.15) is 4.98 Å². The van der Waals surface area contributed by atoms with Gasteiger partial charge < -0.3 is 10.3 Å². The van der Waals surface area contributed by atoms with Gasteiger partial charge in [0.25, 0.3) is 0 Å². The lowest BCUT2D eigenvalue weighted by molar-refractivity contribution is 0.350. The smallest absolute Gasteiger partial charge is 0.228 e. The van der Waals surface area contributed by atoms with Gasteiger partial charge in [0.05, 0.1) is 0 Å². The van der Waals surface area contributed by atoms with Gasteiger partial charge in [-0.15, -0.1) is 0 Å². The van der Waals surface area contributed by atoms with Crippen LogP contribution >= 0.6 is 0 Å². The van der Waals surface area contributed by atoms with E-state index in [-0.39, 0.29) is 11.9 Å². The Morgan fingerprint density at radius 2 is 2.05 bits per heavy atom. The number of hydrogen-bond donors (Lipinski definition) is 1. The van der Waals surface area contributed by atoms with Crippen LogP contribution in [0.25, 0.3) is 0 Å². The molecule has 0 saturated heterocycles. The maximum Gasteiger partial charge on any atom is 0.228 e. The second kappa shape index (κ2) is 5.93. The lowest BCUT2D eigenvalue weighted by Gasteiger charge is -2.11. The van der Waals surface area contributed by atoms with E-state index in [9.17, 15) is 4.39 Å². The minimum atomic E-state index is -0.257. The van der Waals surface area contributed by atoms with Crippen LogP contribution in [-0.4, -0.2) is 16.2 Å². The molecule has 1 unspecified atom stereocenters. The molecule has 0 radical (unpaired) electrons. The van der Waals surface area contributed by atoms with Crippen LogP contribution in [0.4, 0.5) is 4.39 Å². The Balaban J connectivity index is 2.04. The van der Waals surface area contributed by atoms with Crippen LogP contribution in [0, 0.1) is 11.7 Å². The number of halogens is 1. The summed E-state index contributed by atoms with van der Waals surface area (Å²) in [4.78, 5) is 4.24. The summed E-state index contributed by atoms with van der Waals surface area (Å²) in [5, 5.41) is 3.86. The Morgan fingerprint density at radius 1 is 1.32 bits per heavy atom. The molecule has 2 rings (SSSR count). The average molecular weight is 263 g/mol. The highest BCUT2D eigenvalue weighted by Crippen LogP contribution is 2.12. The molecule has 2 aromatic rings. The van der Waals surface area contributed by atoms with Crippen molar-refractivity contribution in [1.29, 1.82) is 0 Å². The topological polar surface area (TPSA) is 64.9 Å². The van der Waals surface area contributed by atoms with E-state index >= 15 is 0 Å². The number of rotatable bonds is 5. The van der Waals surface area contributed by atoms with Crippen molar-refractivity contribution in [3.8, 4) is 0 Å². The molecule has 0 bridgehead atoms. The maximum absolute atomic E-state index is 13.5. The predicted molar refractivity (Wildman–Crippen MR) is 70.0 cm³/mol. The van der Waals surface area contributed by atoms with Crippen LogP contribution in [0.3, 0.4) is 0 Å². The third-order valence-corrected chi connectivity index (χ3v) is 3.08. The number of benzene rings is 1. The molecule has 1 heterocycles. The van der Waals surface area contributed by atoms with Crippen LogP contribution < -0.4 is 5.73 Å². The first kappa shape index (κ1) is 13.7. The SMILES string of the molecule is CC(C)C(N)Cc1nc(Cc2ccccc2F)no1. The predicted octanol–water partition coefficient (Wildman–Crippen LogP) is 2.33. The molecule has 5 heteroatoms. The summed E-state index contributed by atoms with van der Waals surface area (Å²) < 4.78 is 18.6. The van der Waals surface area contributed by atoms with Gasteiger partial charge in [0.2, 0.25) is 5.89 Å². The Morgan fingerprint density at radius 3 is 2.74 bits per heavy atom. The molecule has 0 aliphatic rings. The van der Waals surface area contributed by atoms with Gasteiger partial charge in [-0.25, -0.2) is 4.39 Å². The molecule has 19 heavy (non-hydrogen) atoms. The monoisotopic (exact) mass is 263 g/mol. The molecule has 0 fully saturated rings. The third-order valence-electron chi connectivity index (χ3n) is 3.08. The Hall–Kier alpha value is -1.75. The van der Waals surface area contributed by atoms with Crippen molar-refractivity contribution in [1.82, 2.24) is 10.1 Å². The Kier molecular flexibility index (Phi) is 4.27. The molecule has 1 aromatic carbocycles. The van der Waals surface area contributed by atoms with Crippen LogP contribution in [0.1, 0.15) is 31.1 Å².